The van der Waals surface area contributed by atoms with Crippen LogP contribution in [0, 0.1) is 5.41 Å². The van der Waals surface area contributed by atoms with E-state index in [1.54, 1.807) is 0 Å². The molecule has 0 heterocycles. The fraction of sp³-hybridized carbons (Fsp3) is 0.917. The molecule has 0 saturated heterocycles. The molecule has 0 bridgehead atoms. The van der Waals surface area contributed by atoms with Crippen LogP contribution in [0.5, 0.6) is 0 Å². The van der Waals surface area contributed by atoms with Crippen LogP contribution in [0.1, 0.15) is 46.0 Å². The van der Waals surface area contributed by atoms with Crippen LogP contribution < -0.4 is 0 Å². The summed E-state index contributed by atoms with van der Waals surface area (Å²) in [5, 5.41) is 0. The molecule has 1 aliphatic rings. The molecular weight excluding hydrogens is 206 g/mol. The summed E-state index contributed by atoms with van der Waals surface area (Å²) >= 11 is 4.34. The zero-order valence-corrected chi connectivity index (χ0v) is 10.9. The fourth-order valence-corrected chi connectivity index (χ4v) is 2.33. The lowest BCUT2D eigenvalue weighted by molar-refractivity contribution is -0.132. The van der Waals surface area contributed by atoms with Gasteiger partial charge in [0, 0.05) is 19.5 Å². The minimum absolute atomic E-state index is 0.264. The lowest BCUT2D eigenvalue weighted by Crippen LogP contribution is -2.34. The maximum Gasteiger partial charge on any atom is 0.223 e. The average Bonchev–Trinajstić information content (AvgIpc) is 2.98. The SMILES string of the molecule is CCCN(CCC)C(=O)CC1(CS)CC1. The van der Waals surface area contributed by atoms with E-state index in [-0.39, 0.29) is 5.41 Å². The highest BCUT2D eigenvalue weighted by Crippen LogP contribution is 2.49. The van der Waals surface area contributed by atoms with Crippen LogP contribution in [0.4, 0.5) is 0 Å². The van der Waals surface area contributed by atoms with E-state index >= 15 is 0 Å². The van der Waals surface area contributed by atoms with Crippen LogP contribution in [0.25, 0.3) is 0 Å². The Kier molecular flexibility index (Phi) is 4.97. The molecule has 0 radical (unpaired) electrons. The quantitative estimate of drug-likeness (QED) is 0.666. The lowest BCUT2D eigenvalue weighted by atomic mass is 10.0. The van der Waals surface area contributed by atoms with Crippen LogP contribution in [-0.2, 0) is 4.79 Å². The molecule has 0 N–H and O–H groups in total. The first-order valence-corrected chi connectivity index (χ1v) is 6.69. The maximum atomic E-state index is 12.0. The Labute approximate surface area is 98.8 Å². The van der Waals surface area contributed by atoms with Gasteiger partial charge < -0.3 is 4.90 Å². The van der Waals surface area contributed by atoms with Gasteiger partial charge >= 0.3 is 0 Å². The molecule has 3 heteroatoms. The van der Waals surface area contributed by atoms with E-state index in [2.05, 4.69) is 26.5 Å². The molecule has 88 valence electrons. The van der Waals surface area contributed by atoms with Crippen molar-refractivity contribution in [3.05, 3.63) is 0 Å². The van der Waals surface area contributed by atoms with Gasteiger partial charge in [-0.15, -0.1) is 0 Å². The molecular formula is C12H23NOS. The van der Waals surface area contributed by atoms with Gasteiger partial charge in [0.2, 0.25) is 5.91 Å². The average molecular weight is 229 g/mol. The fourth-order valence-electron chi connectivity index (χ4n) is 1.90. The van der Waals surface area contributed by atoms with Gasteiger partial charge in [-0.1, -0.05) is 13.8 Å². The van der Waals surface area contributed by atoms with Gasteiger partial charge in [0.1, 0.15) is 0 Å². The van der Waals surface area contributed by atoms with Crippen molar-refractivity contribution in [3.63, 3.8) is 0 Å². The van der Waals surface area contributed by atoms with Crippen LogP contribution in [0.15, 0.2) is 0 Å². The summed E-state index contributed by atoms with van der Waals surface area (Å²) in [7, 11) is 0. The normalized spacial score (nSPS) is 17.5. The minimum atomic E-state index is 0.264. The summed E-state index contributed by atoms with van der Waals surface area (Å²) in [5.74, 6) is 1.20. The van der Waals surface area contributed by atoms with Gasteiger partial charge in [0.15, 0.2) is 0 Å². The molecule has 0 aliphatic heterocycles. The molecule has 1 rings (SSSR count). The first-order valence-electron chi connectivity index (χ1n) is 6.06. The van der Waals surface area contributed by atoms with Crippen molar-refractivity contribution in [1.29, 1.82) is 0 Å². The lowest BCUT2D eigenvalue weighted by Gasteiger charge is -2.23. The first kappa shape index (κ1) is 12.9. The van der Waals surface area contributed by atoms with Gasteiger partial charge in [0.05, 0.1) is 0 Å². The predicted octanol–water partition coefficient (Wildman–Crippen LogP) is 2.74. The van der Waals surface area contributed by atoms with E-state index in [0.29, 0.717) is 5.91 Å². The molecule has 1 aliphatic carbocycles. The number of hydrogen-bond donors (Lipinski definition) is 1. The number of nitrogens with zero attached hydrogens (tertiary/aromatic N) is 1. The highest BCUT2D eigenvalue weighted by molar-refractivity contribution is 7.80. The van der Waals surface area contributed by atoms with Crippen LogP contribution in [0.2, 0.25) is 0 Å². The second-order valence-electron chi connectivity index (χ2n) is 4.72. The van der Waals surface area contributed by atoms with Gasteiger partial charge in [-0.05, 0) is 36.9 Å². The standard InChI is InChI=1S/C12H23NOS/c1-3-7-13(8-4-2)11(14)9-12(10-15)5-6-12/h15H,3-10H2,1-2H3. The third-order valence-electron chi connectivity index (χ3n) is 3.16. The van der Waals surface area contributed by atoms with E-state index in [1.165, 1.54) is 12.8 Å². The van der Waals surface area contributed by atoms with Crippen molar-refractivity contribution in [1.82, 2.24) is 4.90 Å². The second-order valence-corrected chi connectivity index (χ2v) is 5.03. The molecule has 0 aromatic rings. The van der Waals surface area contributed by atoms with Gasteiger partial charge in [-0.2, -0.15) is 12.6 Å². The number of amides is 1. The molecule has 15 heavy (non-hydrogen) atoms. The van der Waals surface area contributed by atoms with Crippen LogP contribution >= 0.6 is 12.6 Å². The van der Waals surface area contributed by atoms with Crippen LogP contribution in [-0.4, -0.2) is 29.6 Å². The molecule has 2 nitrogen and oxygen atoms in total. The zero-order valence-electron chi connectivity index (χ0n) is 9.96. The summed E-state index contributed by atoms with van der Waals surface area (Å²) in [6.45, 7) is 6.08. The monoisotopic (exact) mass is 229 g/mol. The largest absolute Gasteiger partial charge is 0.343 e. The highest BCUT2D eigenvalue weighted by atomic mass is 32.1. The summed E-state index contributed by atoms with van der Waals surface area (Å²) in [4.78, 5) is 14.0. The van der Waals surface area contributed by atoms with Crippen molar-refractivity contribution < 1.29 is 4.79 Å². The third-order valence-corrected chi connectivity index (χ3v) is 3.83. The maximum absolute atomic E-state index is 12.0. The Morgan fingerprint density at radius 3 is 2.13 bits per heavy atom. The second kappa shape index (κ2) is 5.78. The van der Waals surface area contributed by atoms with E-state index in [1.807, 2.05) is 4.90 Å². The Morgan fingerprint density at radius 1 is 1.27 bits per heavy atom. The molecule has 1 saturated carbocycles. The highest BCUT2D eigenvalue weighted by Gasteiger charge is 2.43. The third kappa shape index (κ3) is 3.71. The smallest absolute Gasteiger partial charge is 0.223 e. The summed E-state index contributed by atoms with van der Waals surface area (Å²) < 4.78 is 0. The van der Waals surface area contributed by atoms with Crippen molar-refractivity contribution >= 4 is 18.5 Å². The van der Waals surface area contributed by atoms with Crippen molar-refractivity contribution in [3.8, 4) is 0 Å². The Morgan fingerprint density at radius 2 is 1.80 bits per heavy atom. The van der Waals surface area contributed by atoms with Gasteiger partial charge in [-0.25, -0.2) is 0 Å². The summed E-state index contributed by atoms with van der Waals surface area (Å²) in [5.41, 5.74) is 0.264. The molecule has 0 unspecified atom stereocenters. The Balaban J connectivity index is 2.41. The molecule has 1 amide bonds. The number of rotatable bonds is 7. The molecule has 0 spiro atoms. The first-order chi connectivity index (χ1) is 7.17. The van der Waals surface area contributed by atoms with E-state index in [9.17, 15) is 4.79 Å². The Hall–Kier alpha value is -0.180. The van der Waals surface area contributed by atoms with Crippen molar-refractivity contribution in [2.75, 3.05) is 18.8 Å². The molecule has 1 fully saturated rings. The number of carbonyl (C=O) groups is 1. The number of thiol groups is 1. The molecule has 0 atom stereocenters. The molecule has 0 aromatic heterocycles. The number of carbonyl (C=O) groups excluding carboxylic acids is 1. The van der Waals surface area contributed by atoms with Crippen molar-refractivity contribution in [2.45, 2.75) is 46.0 Å². The summed E-state index contributed by atoms with van der Waals surface area (Å²) in [6, 6.07) is 0. The predicted molar refractivity (Wildman–Crippen MR) is 67.3 cm³/mol. The van der Waals surface area contributed by atoms with E-state index in [4.69, 9.17) is 0 Å². The number of hydrogen-bond acceptors (Lipinski definition) is 2. The Bertz CT molecular complexity index is 208. The van der Waals surface area contributed by atoms with Crippen molar-refractivity contribution in [2.24, 2.45) is 5.41 Å². The van der Waals surface area contributed by atoms with Crippen LogP contribution in [0.3, 0.4) is 0 Å². The minimum Gasteiger partial charge on any atom is -0.343 e. The molecule has 0 aromatic carbocycles. The topological polar surface area (TPSA) is 20.3 Å². The van der Waals surface area contributed by atoms with E-state index in [0.717, 1.165) is 38.1 Å². The van der Waals surface area contributed by atoms with Gasteiger partial charge in [-0.3, -0.25) is 4.79 Å². The van der Waals surface area contributed by atoms with Gasteiger partial charge in [0.25, 0.3) is 0 Å². The zero-order chi connectivity index (χ0) is 11.3. The van der Waals surface area contributed by atoms with E-state index < -0.39 is 0 Å². The summed E-state index contributed by atoms with van der Waals surface area (Å²) in [6.07, 6.45) is 5.21.